The molecule has 0 bridgehead atoms. The number of ether oxygens (including phenoxy) is 2. The van der Waals surface area contributed by atoms with Crippen molar-refractivity contribution in [3.05, 3.63) is 94.5 Å². The number of nitrogens with zero attached hydrogens (tertiary/aromatic N) is 1. The van der Waals surface area contributed by atoms with E-state index in [0.717, 1.165) is 11.1 Å². The molecule has 2 aromatic carbocycles. The van der Waals surface area contributed by atoms with Crippen LogP contribution in [0.3, 0.4) is 0 Å². The maximum absolute atomic E-state index is 12.1. The third-order valence-corrected chi connectivity index (χ3v) is 4.08. The maximum atomic E-state index is 12.1. The van der Waals surface area contributed by atoms with Crippen LogP contribution in [0.25, 0.3) is 6.08 Å². The number of benzene rings is 2. The topological polar surface area (TPSA) is 61.0 Å². The van der Waals surface area contributed by atoms with Gasteiger partial charge in [0.25, 0.3) is 5.90 Å². The van der Waals surface area contributed by atoms with Gasteiger partial charge in [0.15, 0.2) is 11.5 Å². The molecule has 6 heteroatoms. The zero-order valence-electron chi connectivity index (χ0n) is 14.1. The molecule has 0 radical (unpaired) electrons. The van der Waals surface area contributed by atoms with E-state index in [0.29, 0.717) is 23.1 Å². The van der Waals surface area contributed by atoms with Crippen molar-refractivity contribution >= 4 is 29.5 Å². The van der Waals surface area contributed by atoms with Gasteiger partial charge >= 0.3 is 5.97 Å². The van der Waals surface area contributed by atoms with Crippen molar-refractivity contribution < 1.29 is 18.7 Å². The number of carbonyl (C=O) groups excluding carboxylic acids is 1. The van der Waals surface area contributed by atoms with Crippen molar-refractivity contribution in [2.75, 3.05) is 0 Å². The number of esters is 1. The smallest absolute Gasteiger partial charge is 0.363 e. The number of carbonyl (C=O) groups is 1. The van der Waals surface area contributed by atoms with Gasteiger partial charge in [-0.25, -0.2) is 9.79 Å². The fourth-order valence-corrected chi connectivity index (χ4v) is 2.79. The minimum absolute atomic E-state index is 0.147. The molecule has 5 nitrogen and oxygen atoms in total. The van der Waals surface area contributed by atoms with Crippen LogP contribution in [-0.4, -0.2) is 11.9 Å². The highest BCUT2D eigenvalue weighted by molar-refractivity contribution is 6.30. The average molecular weight is 380 g/mol. The second-order valence-electron chi connectivity index (χ2n) is 5.77. The van der Waals surface area contributed by atoms with Crippen LogP contribution in [0.5, 0.6) is 5.75 Å². The second kappa shape index (κ2) is 7.51. The van der Waals surface area contributed by atoms with Gasteiger partial charge in [-0.15, -0.1) is 0 Å². The first-order chi connectivity index (χ1) is 13.2. The van der Waals surface area contributed by atoms with Crippen molar-refractivity contribution in [1.82, 2.24) is 0 Å². The lowest BCUT2D eigenvalue weighted by atomic mass is 10.1. The summed E-state index contributed by atoms with van der Waals surface area (Å²) in [6.45, 7) is 0.353. The Hall–Kier alpha value is -3.31. The Morgan fingerprint density at radius 3 is 2.78 bits per heavy atom. The van der Waals surface area contributed by atoms with E-state index in [2.05, 4.69) is 4.99 Å². The lowest BCUT2D eigenvalue weighted by Crippen LogP contribution is -2.04. The molecule has 0 spiro atoms. The summed E-state index contributed by atoms with van der Waals surface area (Å²) in [7, 11) is 0. The van der Waals surface area contributed by atoms with Crippen LogP contribution in [0.1, 0.15) is 16.9 Å². The van der Waals surface area contributed by atoms with E-state index in [1.807, 2.05) is 48.5 Å². The molecule has 134 valence electrons. The van der Waals surface area contributed by atoms with Gasteiger partial charge in [0, 0.05) is 10.6 Å². The Balaban J connectivity index is 1.57. The van der Waals surface area contributed by atoms with Gasteiger partial charge in [0.2, 0.25) is 0 Å². The van der Waals surface area contributed by atoms with E-state index in [4.69, 9.17) is 25.5 Å². The zero-order valence-corrected chi connectivity index (χ0v) is 14.8. The van der Waals surface area contributed by atoms with Crippen molar-refractivity contribution in [3.8, 4) is 5.75 Å². The van der Waals surface area contributed by atoms with Gasteiger partial charge in [0.05, 0.1) is 6.26 Å². The van der Waals surface area contributed by atoms with Crippen LogP contribution in [-0.2, 0) is 16.1 Å². The third kappa shape index (κ3) is 3.93. The minimum Gasteiger partial charge on any atom is -0.488 e. The van der Waals surface area contributed by atoms with Crippen molar-refractivity contribution in [2.45, 2.75) is 6.61 Å². The Morgan fingerprint density at radius 1 is 1.07 bits per heavy atom. The molecular formula is C21H14ClNO4. The van der Waals surface area contributed by atoms with E-state index >= 15 is 0 Å². The quantitative estimate of drug-likeness (QED) is 0.469. The highest BCUT2D eigenvalue weighted by Crippen LogP contribution is 2.25. The van der Waals surface area contributed by atoms with Gasteiger partial charge in [-0.2, -0.15) is 0 Å². The van der Waals surface area contributed by atoms with Crippen LogP contribution >= 0.6 is 11.6 Å². The lowest BCUT2D eigenvalue weighted by Gasteiger charge is -2.09. The predicted molar refractivity (Wildman–Crippen MR) is 102 cm³/mol. The van der Waals surface area contributed by atoms with E-state index in [1.54, 1.807) is 18.2 Å². The molecule has 0 saturated carbocycles. The first kappa shape index (κ1) is 17.1. The molecule has 1 aliphatic rings. The van der Waals surface area contributed by atoms with E-state index in [-0.39, 0.29) is 11.6 Å². The summed E-state index contributed by atoms with van der Waals surface area (Å²) in [5, 5.41) is 0.653. The van der Waals surface area contributed by atoms with E-state index < -0.39 is 5.97 Å². The van der Waals surface area contributed by atoms with Crippen LogP contribution in [0, 0.1) is 0 Å². The van der Waals surface area contributed by atoms with Crippen LogP contribution in [0.2, 0.25) is 5.02 Å². The van der Waals surface area contributed by atoms with Crippen molar-refractivity contribution in [3.63, 3.8) is 0 Å². The molecule has 27 heavy (non-hydrogen) atoms. The molecule has 0 amide bonds. The molecule has 2 heterocycles. The van der Waals surface area contributed by atoms with E-state index in [1.165, 1.54) is 6.26 Å². The number of aliphatic imine (C=N–C) groups is 1. The normalized spacial score (nSPS) is 14.9. The number of cyclic esters (lactones) is 1. The molecule has 0 aliphatic carbocycles. The lowest BCUT2D eigenvalue weighted by molar-refractivity contribution is -0.130. The van der Waals surface area contributed by atoms with Crippen LogP contribution < -0.4 is 4.74 Å². The fraction of sp³-hybridized carbons (Fsp3) is 0.0476. The van der Waals surface area contributed by atoms with Gasteiger partial charge in [-0.1, -0.05) is 41.9 Å². The first-order valence-electron chi connectivity index (χ1n) is 8.22. The van der Waals surface area contributed by atoms with E-state index in [9.17, 15) is 4.79 Å². The largest absolute Gasteiger partial charge is 0.488 e. The number of halogens is 1. The first-order valence-corrected chi connectivity index (χ1v) is 8.59. The molecule has 4 rings (SSSR count). The fourth-order valence-electron chi connectivity index (χ4n) is 2.58. The molecule has 0 fully saturated rings. The number of hydrogen-bond donors (Lipinski definition) is 0. The summed E-state index contributed by atoms with van der Waals surface area (Å²) in [4.78, 5) is 16.3. The average Bonchev–Trinajstić information content (AvgIpc) is 3.31. The SMILES string of the molecule is O=C1OC(c2ccco2)=N/C1=C\c1ccccc1OCc1cccc(Cl)c1. The van der Waals surface area contributed by atoms with Gasteiger partial charge in [-0.3, -0.25) is 0 Å². The van der Waals surface area contributed by atoms with Crippen LogP contribution in [0.15, 0.2) is 82.0 Å². The summed E-state index contributed by atoms with van der Waals surface area (Å²) >= 11 is 6.00. The molecule has 0 saturated heterocycles. The van der Waals surface area contributed by atoms with Crippen molar-refractivity contribution in [2.24, 2.45) is 4.99 Å². The Bertz CT molecular complexity index is 1040. The summed E-state index contributed by atoms with van der Waals surface area (Å²) in [6.07, 6.45) is 3.12. The summed E-state index contributed by atoms with van der Waals surface area (Å²) in [5.74, 6) is 0.635. The molecule has 3 aromatic rings. The Labute approximate surface area is 160 Å². The van der Waals surface area contributed by atoms with Crippen molar-refractivity contribution in [1.29, 1.82) is 0 Å². The second-order valence-corrected chi connectivity index (χ2v) is 6.21. The Morgan fingerprint density at radius 2 is 1.96 bits per heavy atom. The highest BCUT2D eigenvalue weighted by atomic mass is 35.5. The van der Waals surface area contributed by atoms with Gasteiger partial charge in [-0.05, 0) is 42.0 Å². The Kier molecular flexibility index (Phi) is 4.77. The summed E-state index contributed by atoms with van der Waals surface area (Å²) in [6, 6.07) is 18.2. The minimum atomic E-state index is -0.536. The molecule has 1 aliphatic heterocycles. The number of para-hydroxylation sites is 1. The number of hydrogen-bond acceptors (Lipinski definition) is 5. The van der Waals surface area contributed by atoms with Gasteiger partial charge < -0.3 is 13.9 Å². The molecule has 0 unspecified atom stereocenters. The summed E-state index contributed by atoms with van der Waals surface area (Å²) < 4.78 is 16.3. The predicted octanol–water partition coefficient (Wildman–Crippen LogP) is 4.86. The molecule has 1 aromatic heterocycles. The third-order valence-electron chi connectivity index (χ3n) is 3.85. The molecular weight excluding hydrogens is 366 g/mol. The highest BCUT2D eigenvalue weighted by Gasteiger charge is 2.26. The zero-order chi connectivity index (χ0) is 18.6. The number of furan rings is 1. The van der Waals surface area contributed by atoms with Crippen LogP contribution in [0.4, 0.5) is 0 Å². The monoisotopic (exact) mass is 379 g/mol. The standard InChI is InChI=1S/C21H14ClNO4/c22-16-7-3-5-14(11-16)13-26-18-8-2-1-6-15(18)12-17-21(24)27-20(23-17)19-9-4-10-25-19/h1-12H,13H2/b17-12-. The number of rotatable bonds is 5. The summed E-state index contributed by atoms with van der Waals surface area (Å²) in [5.41, 5.74) is 1.85. The maximum Gasteiger partial charge on any atom is 0.363 e. The molecule has 0 N–H and O–H groups in total. The van der Waals surface area contributed by atoms with Gasteiger partial charge in [0.1, 0.15) is 12.4 Å². The molecule has 0 atom stereocenters.